The smallest absolute Gasteiger partial charge is 0.235 e. The minimum Gasteiger partial charge on any atom is -0.246 e. The van der Waals surface area contributed by atoms with E-state index in [2.05, 4.69) is 29.0 Å². The first-order valence-electron chi connectivity index (χ1n) is 6.87. The molecule has 0 amide bonds. The lowest BCUT2D eigenvalue weighted by Crippen LogP contribution is -1.92. The van der Waals surface area contributed by atoms with Gasteiger partial charge in [-0.15, -0.1) is 32.9 Å². The minimum absolute atomic E-state index is 0.381. The van der Waals surface area contributed by atoms with E-state index < -0.39 is 0 Å². The first-order valence-corrected chi connectivity index (χ1v) is 9.38. The lowest BCUT2D eigenvalue weighted by atomic mass is 10.1. The first kappa shape index (κ1) is 14.0. The van der Waals surface area contributed by atoms with Crippen molar-refractivity contribution in [1.82, 2.24) is 24.8 Å². The first-order chi connectivity index (χ1) is 10.6. The SMILES string of the molecule is Cc1nc(C(C)C)c(-c2nn3c(-c4cccs4)nnc3s2)s1. The number of rotatable bonds is 3. The van der Waals surface area contributed by atoms with E-state index in [1.807, 2.05) is 29.0 Å². The van der Waals surface area contributed by atoms with E-state index in [9.17, 15) is 0 Å². The van der Waals surface area contributed by atoms with Crippen LogP contribution in [0.3, 0.4) is 0 Å². The number of hydrogen-bond donors (Lipinski definition) is 0. The van der Waals surface area contributed by atoms with Gasteiger partial charge in [-0.3, -0.25) is 0 Å². The van der Waals surface area contributed by atoms with Gasteiger partial charge in [0.25, 0.3) is 0 Å². The summed E-state index contributed by atoms with van der Waals surface area (Å²) in [5, 5.41) is 17.3. The standard InChI is InChI=1S/C14H13N5S3/c1-7(2)10-11(21-8(3)15-10)13-18-19-12(9-5-4-6-20-9)16-17-14(19)22-13/h4-7H,1-3H3. The molecule has 0 spiro atoms. The molecule has 4 heterocycles. The molecular weight excluding hydrogens is 334 g/mol. The summed E-state index contributed by atoms with van der Waals surface area (Å²) < 4.78 is 1.84. The minimum atomic E-state index is 0.381. The number of fused-ring (bicyclic) bond motifs is 1. The summed E-state index contributed by atoms with van der Waals surface area (Å²) in [4.78, 5) is 7.70. The van der Waals surface area contributed by atoms with Crippen LogP contribution >= 0.6 is 34.0 Å². The summed E-state index contributed by atoms with van der Waals surface area (Å²) in [6, 6.07) is 4.05. The van der Waals surface area contributed by atoms with Gasteiger partial charge >= 0.3 is 0 Å². The molecule has 0 aromatic carbocycles. The predicted octanol–water partition coefficient (Wildman–Crippen LogP) is 4.47. The fraction of sp³-hybridized carbons (Fsp3) is 0.286. The van der Waals surface area contributed by atoms with Gasteiger partial charge in [-0.2, -0.15) is 9.61 Å². The Morgan fingerprint density at radius 3 is 2.77 bits per heavy atom. The van der Waals surface area contributed by atoms with Crippen LogP contribution in [0.2, 0.25) is 0 Å². The average Bonchev–Trinajstić information content (AvgIpc) is 3.20. The highest BCUT2D eigenvalue weighted by atomic mass is 32.1. The van der Waals surface area contributed by atoms with Gasteiger partial charge in [0.2, 0.25) is 4.96 Å². The van der Waals surface area contributed by atoms with E-state index in [4.69, 9.17) is 5.10 Å². The van der Waals surface area contributed by atoms with Gasteiger partial charge in [0, 0.05) is 0 Å². The van der Waals surface area contributed by atoms with E-state index in [1.54, 1.807) is 34.0 Å². The van der Waals surface area contributed by atoms with Crippen LogP contribution in [-0.2, 0) is 0 Å². The molecule has 0 radical (unpaired) electrons. The Morgan fingerprint density at radius 2 is 2.05 bits per heavy atom. The molecule has 0 atom stereocenters. The van der Waals surface area contributed by atoms with E-state index in [0.29, 0.717) is 5.92 Å². The number of nitrogens with zero attached hydrogens (tertiary/aromatic N) is 5. The second-order valence-corrected chi connectivity index (χ2v) is 8.31. The quantitative estimate of drug-likeness (QED) is 0.549. The molecule has 4 aromatic rings. The summed E-state index contributed by atoms with van der Waals surface area (Å²) in [6.45, 7) is 6.36. The fourth-order valence-electron chi connectivity index (χ4n) is 2.26. The molecule has 4 rings (SSSR count). The van der Waals surface area contributed by atoms with Gasteiger partial charge < -0.3 is 0 Å². The van der Waals surface area contributed by atoms with Crippen LogP contribution in [0, 0.1) is 6.92 Å². The molecule has 0 N–H and O–H groups in total. The summed E-state index contributed by atoms with van der Waals surface area (Å²) in [6.07, 6.45) is 0. The van der Waals surface area contributed by atoms with Gasteiger partial charge in [0.15, 0.2) is 10.8 Å². The molecule has 8 heteroatoms. The van der Waals surface area contributed by atoms with Crippen LogP contribution in [0.15, 0.2) is 17.5 Å². The van der Waals surface area contributed by atoms with Crippen LogP contribution in [0.4, 0.5) is 0 Å². The highest BCUT2D eigenvalue weighted by Gasteiger charge is 2.20. The summed E-state index contributed by atoms with van der Waals surface area (Å²) in [5.74, 6) is 1.19. The molecule has 0 unspecified atom stereocenters. The maximum absolute atomic E-state index is 4.74. The Balaban J connectivity index is 1.88. The van der Waals surface area contributed by atoms with Gasteiger partial charge in [-0.25, -0.2) is 4.98 Å². The zero-order valence-corrected chi connectivity index (χ0v) is 14.7. The Morgan fingerprint density at radius 1 is 1.18 bits per heavy atom. The lowest BCUT2D eigenvalue weighted by Gasteiger charge is -2.01. The van der Waals surface area contributed by atoms with Crippen molar-refractivity contribution < 1.29 is 0 Å². The average molecular weight is 347 g/mol. The van der Waals surface area contributed by atoms with Crippen LogP contribution in [-0.4, -0.2) is 24.8 Å². The van der Waals surface area contributed by atoms with Crippen molar-refractivity contribution in [1.29, 1.82) is 0 Å². The Hall–Kier alpha value is -1.64. The van der Waals surface area contributed by atoms with Crippen molar-refractivity contribution in [3.63, 3.8) is 0 Å². The molecule has 0 saturated carbocycles. The molecule has 4 aromatic heterocycles. The van der Waals surface area contributed by atoms with Gasteiger partial charge in [-0.1, -0.05) is 31.3 Å². The normalized spacial score (nSPS) is 11.8. The monoisotopic (exact) mass is 347 g/mol. The maximum atomic E-state index is 4.74. The number of thiazole rings is 1. The molecule has 0 aliphatic rings. The van der Waals surface area contributed by atoms with Crippen LogP contribution < -0.4 is 0 Å². The van der Waals surface area contributed by atoms with E-state index in [0.717, 1.165) is 36.2 Å². The van der Waals surface area contributed by atoms with Crippen molar-refractivity contribution in [2.75, 3.05) is 0 Å². The van der Waals surface area contributed by atoms with Crippen LogP contribution in [0.5, 0.6) is 0 Å². The number of aryl methyl sites for hydroxylation is 1. The molecule has 22 heavy (non-hydrogen) atoms. The van der Waals surface area contributed by atoms with Gasteiger partial charge in [0.05, 0.1) is 20.5 Å². The van der Waals surface area contributed by atoms with Crippen LogP contribution in [0.25, 0.3) is 25.5 Å². The van der Waals surface area contributed by atoms with Gasteiger partial charge in [-0.05, 0) is 24.3 Å². The summed E-state index contributed by atoms with van der Waals surface area (Å²) in [7, 11) is 0. The zero-order chi connectivity index (χ0) is 15.3. The Labute approximate surface area is 139 Å². The van der Waals surface area contributed by atoms with Crippen LogP contribution in [0.1, 0.15) is 30.5 Å². The third-order valence-electron chi connectivity index (χ3n) is 3.23. The largest absolute Gasteiger partial charge is 0.246 e. The molecule has 0 bridgehead atoms. The van der Waals surface area contributed by atoms with E-state index in [-0.39, 0.29) is 0 Å². The molecule has 0 aliphatic heterocycles. The molecule has 0 aliphatic carbocycles. The second-order valence-electron chi connectivity index (χ2n) is 5.20. The topological polar surface area (TPSA) is 56.0 Å². The van der Waals surface area contributed by atoms with E-state index in [1.165, 1.54) is 0 Å². The molecular formula is C14H13N5S3. The highest BCUT2D eigenvalue weighted by molar-refractivity contribution is 7.24. The number of aromatic nitrogens is 5. The van der Waals surface area contributed by atoms with Crippen molar-refractivity contribution in [3.05, 3.63) is 28.2 Å². The van der Waals surface area contributed by atoms with Crippen molar-refractivity contribution in [3.8, 4) is 20.6 Å². The van der Waals surface area contributed by atoms with Gasteiger partial charge in [0.1, 0.15) is 0 Å². The van der Waals surface area contributed by atoms with Crippen molar-refractivity contribution >= 4 is 39.0 Å². The number of thiophene rings is 1. The Kier molecular flexibility index (Phi) is 3.32. The highest BCUT2D eigenvalue weighted by Crippen LogP contribution is 2.37. The molecule has 112 valence electrons. The van der Waals surface area contributed by atoms with Crippen molar-refractivity contribution in [2.45, 2.75) is 26.7 Å². The van der Waals surface area contributed by atoms with Crippen molar-refractivity contribution in [2.24, 2.45) is 0 Å². The molecule has 5 nitrogen and oxygen atoms in total. The predicted molar refractivity (Wildman–Crippen MR) is 91.9 cm³/mol. The third-order valence-corrected chi connectivity index (χ3v) is 6.14. The lowest BCUT2D eigenvalue weighted by molar-refractivity contribution is 0.829. The Bertz CT molecular complexity index is 929. The summed E-state index contributed by atoms with van der Waals surface area (Å²) in [5.41, 5.74) is 1.12. The molecule has 0 fully saturated rings. The number of hydrogen-bond acceptors (Lipinski definition) is 7. The third kappa shape index (κ3) is 2.18. The second kappa shape index (κ2) is 5.22. The fourth-order valence-corrected chi connectivity index (χ4v) is 4.94. The zero-order valence-electron chi connectivity index (χ0n) is 12.3. The maximum Gasteiger partial charge on any atom is 0.235 e. The summed E-state index contributed by atoms with van der Waals surface area (Å²) >= 11 is 4.91. The van der Waals surface area contributed by atoms with E-state index >= 15 is 0 Å². The molecule has 0 saturated heterocycles.